The summed E-state index contributed by atoms with van der Waals surface area (Å²) in [5.74, 6) is -1.39. The number of carbonyl (C=O) groups is 1. The predicted octanol–water partition coefficient (Wildman–Crippen LogP) is 2.26. The van der Waals surface area contributed by atoms with Gasteiger partial charge in [0.05, 0.1) is 5.52 Å². The van der Waals surface area contributed by atoms with Crippen LogP contribution in [0.15, 0.2) is 18.3 Å². The van der Waals surface area contributed by atoms with Gasteiger partial charge in [-0.2, -0.15) is 0 Å². The van der Waals surface area contributed by atoms with Crippen molar-refractivity contribution < 1.29 is 13.6 Å². The van der Waals surface area contributed by atoms with E-state index >= 15 is 0 Å². The summed E-state index contributed by atoms with van der Waals surface area (Å²) in [7, 11) is 0. The first kappa shape index (κ1) is 7.91. The lowest BCUT2D eigenvalue weighted by atomic mass is 10.2. The molecule has 2 rings (SSSR count). The number of fused-ring (bicyclic) bond motifs is 1. The molecular weight excluding hydrogens is 176 g/mol. The van der Waals surface area contributed by atoms with Crippen LogP contribution < -0.4 is 0 Å². The summed E-state index contributed by atoms with van der Waals surface area (Å²) in [5, 5.41) is 0.136. The zero-order valence-electron chi connectivity index (χ0n) is 6.47. The first-order chi connectivity index (χ1) is 6.22. The molecule has 0 bridgehead atoms. The Morgan fingerprint density at radius 2 is 2.08 bits per heavy atom. The summed E-state index contributed by atoms with van der Waals surface area (Å²) in [6.45, 7) is 0. The van der Waals surface area contributed by atoms with Crippen LogP contribution in [-0.2, 0) is 0 Å². The van der Waals surface area contributed by atoms with Crippen LogP contribution in [0.2, 0.25) is 0 Å². The van der Waals surface area contributed by atoms with E-state index in [1.807, 2.05) is 0 Å². The summed E-state index contributed by atoms with van der Waals surface area (Å²) >= 11 is 0. The average molecular weight is 181 g/mol. The smallest absolute Gasteiger partial charge is 0.152 e. The Balaban J connectivity index is 2.89. The maximum atomic E-state index is 13.1. The van der Waals surface area contributed by atoms with E-state index in [1.165, 1.54) is 6.20 Å². The summed E-state index contributed by atoms with van der Waals surface area (Å²) < 4.78 is 25.8. The minimum atomic E-state index is -0.724. The van der Waals surface area contributed by atoms with Crippen LogP contribution >= 0.6 is 0 Å². The predicted molar refractivity (Wildman–Crippen MR) is 43.6 cm³/mol. The van der Waals surface area contributed by atoms with E-state index < -0.39 is 11.6 Å². The molecule has 0 radical (unpaired) electrons. The van der Waals surface area contributed by atoms with Gasteiger partial charge < -0.3 is 4.98 Å². The van der Waals surface area contributed by atoms with Crippen molar-refractivity contribution >= 4 is 17.2 Å². The van der Waals surface area contributed by atoms with E-state index in [4.69, 9.17) is 0 Å². The Kier molecular flexibility index (Phi) is 1.62. The van der Waals surface area contributed by atoms with Gasteiger partial charge in [0.25, 0.3) is 0 Å². The number of rotatable bonds is 1. The molecule has 0 unspecified atom stereocenters. The van der Waals surface area contributed by atoms with Crippen LogP contribution in [0.25, 0.3) is 10.9 Å². The minimum Gasteiger partial charge on any atom is -0.360 e. The molecule has 1 aromatic carbocycles. The third-order valence-corrected chi connectivity index (χ3v) is 1.85. The van der Waals surface area contributed by atoms with Gasteiger partial charge in [0, 0.05) is 23.2 Å². The molecule has 0 saturated carbocycles. The quantitative estimate of drug-likeness (QED) is 0.672. The van der Waals surface area contributed by atoms with Crippen LogP contribution in [0.3, 0.4) is 0 Å². The molecule has 66 valence electrons. The van der Waals surface area contributed by atoms with Crippen LogP contribution in [0, 0.1) is 11.6 Å². The molecule has 4 heteroatoms. The molecule has 0 amide bonds. The number of carbonyl (C=O) groups excluding carboxylic acids is 1. The molecular formula is C9H5F2NO. The molecule has 2 nitrogen and oxygen atoms in total. The lowest BCUT2D eigenvalue weighted by Gasteiger charge is -1.93. The van der Waals surface area contributed by atoms with Gasteiger partial charge in [-0.15, -0.1) is 0 Å². The average Bonchev–Trinajstić information content (AvgIpc) is 2.47. The summed E-state index contributed by atoms with van der Waals surface area (Å²) in [5.41, 5.74) is 0.493. The number of aldehydes is 1. The van der Waals surface area contributed by atoms with E-state index in [0.29, 0.717) is 11.8 Å². The number of hydrogen-bond acceptors (Lipinski definition) is 1. The number of hydrogen-bond donors (Lipinski definition) is 1. The van der Waals surface area contributed by atoms with Gasteiger partial charge >= 0.3 is 0 Å². The third-order valence-electron chi connectivity index (χ3n) is 1.85. The van der Waals surface area contributed by atoms with E-state index in [9.17, 15) is 13.6 Å². The van der Waals surface area contributed by atoms with Crippen LogP contribution in [0.1, 0.15) is 10.4 Å². The largest absolute Gasteiger partial charge is 0.360 e. The van der Waals surface area contributed by atoms with Gasteiger partial charge in [-0.3, -0.25) is 4.79 Å². The Hall–Kier alpha value is -1.71. The van der Waals surface area contributed by atoms with Crippen molar-refractivity contribution in [2.75, 3.05) is 0 Å². The van der Waals surface area contributed by atoms with Crippen LogP contribution in [0.5, 0.6) is 0 Å². The van der Waals surface area contributed by atoms with Crippen molar-refractivity contribution in [3.05, 3.63) is 35.5 Å². The molecule has 1 N–H and O–H groups in total. The van der Waals surface area contributed by atoms with Gasteiger partial charge in [0.1, 0.15) is 11.6 Å². The fourth-order valence-electron chi connectivity index (χ4n) is 1.30. The first-order valence-electron chi connectivity index (χ1n) is 3.63. The van der Waals surface area contributed by atoms with Crippen LogP contribution in [0.4, 0.5) is 8.78 Å². The van der Waals surface area contributed by atoms with Crippen molar-refractivity contribution in [2.24, 2.45) is 0 Å². The number of nitrogens with one attached hydrogen (secondary N) is 1. The third kappa shape index (κ3) is 1.11. The molecule has 0 aliphatic rings. The zero-order valence-corrected chi connectivity index (χ0v) is 6.47. The minimum absolute atomic E-state index is 0.136. The Bertz CT molecular complexity index is 476. The fourth-order valence-corrected chi connectivity index (χ4v) is 1.30. The monoisotopic (exact) mass is 181 g/mol. The maximum absolute atomic E-state index is 13.1. The first-order valence-corrected chi connectivity index (χ1v) is 3.63. The molecule has 1 heterocycles. The van der Waals surface area contributed by atoms with Crippen LogP contribution in [-0.4, -0.2) is 11.3 Å². The second-order valence-electron chi connectivity index (χ2n) is 2.67. The fraction of sp³-hybridized carbons (Fsp3) is 0. The standard InChI is InChI=1S/C9H5F2NO/c10-6-1-7(11)9-5(4-13)3-12-8(9)2-6/h1-4,12H. The van der Waals surface area contributed by atoms with E-state index in [-0.39, 0.29) is 10.9 Å². The van der Waals surface area contributed by atoms with Crippen molar-refractivity contribution in [1.82, 2.24) is 4.98 Å². The maximum Gasteiger partial charge on any atom is 0.152 e. The highest BCUT2D eigenvalue weighted by molar-refractivity contribution is 5.97. The number of benzene rings is 1. The number of aromatic nitrogens is 1. The zero-order chi connectivity index (χ0) is 9.42. The SMILES string of the molecule is O=Cc1c[nH]c2cc(F)cc(F)c12. The van der Waals surface area contributed by atoms with Crippen molar-refractivity contribution in [3.8, 4) is 0 Å². The Labute approximate surface area is 72.2 Å². The number of H-pyrrole nitrogens is 1. The number of halogens is 2. The topological polar surface area (TPSA) is 32.9 Å². The molecule has 1 aromatic heterocycles. The summed E-state index contributed by atoms with van der Waals surface area (Å²) in [4.78, 5) is 13.0. The van der Waals surface area contributed by atoms with Gasteiger partial charge in [-0.05, 0) is 6.07 Å². The van der Waals surface area contributed by atoms with Crippen molar-refractivity contribution in [2.45, 2.75) is 0 Å². The van der Waals surface area contributed by atoms with Gasteiger partial charge in [-0.25, -0.2) is 8.78 Å². The highest BCUT2D eigenvalue weighted by Gasteiger charge is 2.09. The van der Waals surface area contributed by atoms with E-state index in [2.05, 4.69) is 4.98 Å². The molecule has 0 fully saturated rings. The molecule has 2 aromatic rings. The normalized spacial score (nSPS) is 10.6. The van der Waals surface area contributed by atoms with Gasteiger partial charge in [-0.1, -0.05) is 0 Å². The van der Waals surface area contributed by atoms with Crippen molar-refractivity contribution in [1.29, 1.82) is 0 Å². The molecule has 13 heavy (non-hydrogen) atoms. The van der Waals surface area contributed by atoms with Gasteiger partial charge in [0.2, 0.25) is 0 Å². The molecule has 0 saturated heterocycles. The lowest BCUT2D eigenvalue weighted by Crippen LogP contribution is -1.83. The summed E-state index contributed by atoms with van der Waals surface area (Å²) in [6, 6.07) is 1.90. The second-order valence-corrected chi connectivity index (χ2v) is 2.67. The molecule has 0 spiro atoms. The van der Waals surface area contributed by atoms with E-state index in [0.717, 1.165) is 12.1 Å². The molecule has 0 aliphatic carbocycles. The molecule has 0 atom stereocenters. The Morgan fingerprint density at radius 1 is 1.31 bits per heavy atom. The second kappa shape index (κ2) is 2.65. The highest BCUT2D eigenvalue weighted by atomic mass is 19.1. The lowest BCUT2D eigenvalue weighted by molar-refractivity contribution is 0.112. The van der Waals surface area contributed by atoms with Crippen molar-refractivity contribution in [3.63, 3.8) is 0 Å². The molecule has 0 aliphatic heterocycles. The summed E-state index contributed by atoms with van der Waals surface area (Å²) in [6.07, 6.45) is 1.88. The highest BCUT2D eigenvalue weighted by Crippen LogP contribution is 2.21. The Morgan fingerprint density at radius 3 is 2.77 bits per heavy atom. The van der Waals surface area contributed by atoms with Gasteiger partial charge in [0.15, 0.2) is 6.29 Å². The van der Waals surface area contributed by atoms with E-state index in [1.54, 1.807) is 0 Å². The number of aromatic amines is 1.